The molecule has 1 amide bonds. The summed E-state index contributed by atoms with van der Waals surface area (Å²) in [6.45, 7) is 1.69. The largest absolute Gasteiger partial charge is 0.341 e. The number of ketones is 1. The lowest BCUT2D eigenvalue weighted by molar-refractivity contribution is -0.137. The number of sulfone groups is 1. The summed E-state index contributed by atoms with van der Waals surface area (Å²) in [5.74, 6) is -0.736. The lowest BCUT2D eigenvalue weighted by atomic mass is 10.0. The maximum Gasteiger partial charge on any atom is 0.225 e. The monoisotopic (exact) mass is 383 g/mol. The Balaban J connectivity index is 1.90. The molecule has 1 saturated heterocycles. The molecule has 1 aliphatic rings. The zero-order valence-corrected chi connectivity index (χ0v) is 15.9. The molecule has 2 rings (SSSR count). The van der Waals surface area contributed by atoms with Gasteiger partial charge < -0.3 is 4.90 Å². The van der Waals surface area contributed by atoms with E-state index in [2.05, 4.69) is 0 Å². The number of amides is 1. The maximum absolute atomic E-state index is 12.4. The van der Waals surface area contributed by atoms with E-state index in [1.54, 1.807) is 38.2 Å². The minimum Gasteiger partial charge on any atom is -0.341 e. The molecule has 0 aliphatic carbocycles. The fourth-order valence-electron chi connectivity index (χ4n) is 2.86. The molecular formula is C18H22ClNO4S. The zero-order chi connectivity index (χ0) is 18.6. The van der Waals surface area contributed by atoms with Gasteiger partial charge in [0.2, 0.25) is 5.91 Å². The predicted molar refractivity (Wildman–Crippen MR) is 99.1 cm³/mol. The van der Waals surface area contributed by atoms with Gasteiger partial charge in [0.25, 0.3) is 0 Å². The molecule has 1 aliphatic heterocycles. The van der Waals surface area contributed by atoms with Gasteiger partial charge in [0.05, 0.1) is 11.5 Å². The molecule has 0 aromatic heterocycles. The van der Waals surface area contributed by atoms with Gasteiger partial charge in [-0.1, -0.05) is 36.7 Å². The first kappa shape index (κ1) is 19.7. The fraction of sp³-hybridized carbons (Fsp3) is 0.444. The van der Waals surface area contributed by atoms with Crippen LogP contribution >= 0.6 is 11.6 Å². The molecule has 0 bridgehead atoms. The van der Waals surface area contributed by atoms with E-state index in [1.165, 1.54) is 11.0 Å². The number of benzene rings is 1. The lowest BCUT2D eigenvalue weighted by Gasteiger charge is -2.26. The second kappa shape index (κ2) is 8.15. The minimum absolute atomic E-state index is 0.00454. The van der Waals surface area contributed by atoms with E-state index >= 15 is 0 Å². The van der Waals surface area contributed by atoms with Crippen molar-refractivity contribution < 1.29 is 18.0 Å². The van der Waals surface area contributed by atoms with Crippen molar-refractivity contribution in [3.63, 3.8) is 0 Å². The van der Waals surface area contributed by atoms with Crippen molar-refractivity contribution in [3.8, 4) is 0 Å². The molecule has 0 radical (unpaired) electrons. The summed E-state index contributed by atoms with van der Waals surface area (Å²) in [4.78, 5) is 26.0. The third kappa shape index (κ3) is 5.68. The number of allylic oxidation sites excluding steroid dienone is 1. The van der Waals surface area contributed by atoms with E-state index in [9.17, 15) is 18.0 Å². The van der Waals surface area contributed by atoms with Crippen LogP contribution in [0.15, 0.2) is 30.3 Å². The van der Waals surface area contributed by atoms with Crippen LogP contribution in [0.5, 0.6) is 0 Å². The van der Waals surface area contributed by atoms with Crippen LogP contribution in [0, 0.1) is 5.92 Å². The highest BCUT2D eigenvalue weighted by Crippen LogP contribution is 2.19. The SMILES string of the molecule is C[C@@H](CC(=O)/C=C/c1cccc(Cl)c1)C(=O)N(C)C1CCS(=O)(=O)C1. The van der Waals surface area contributed by atoms with Gasteiger partial charge >= 0.3 is 0 Å². The van der Waals surface area contributed by atoms with Crippen LogP contribution in [-0.2, 0) is 19.4 Å². The molecule has 1 heterocycles. The molecule has 1 fully saturated rings. The molecule has 136 valence electrons. The van der Waals surface area contributed by atoms with E-state index in [0.29, 0.717) is 11.4 Å². The predicted octanol–water partition coefficient (Wildman–Crippen LogP) is 2.59. The average Bonchev–Trinajstić information content (AvgIpc) is 2.91. The molecule has 0 saturated carbocycles. The Morgan fingerprint density at radius 3 is 2.72 bits per heavy atom. The first-order valence-corrected chi connectivity index (χ1v) is 10.3. The van der Waals surface area contributed by atoms with Gasteiger partial charge in [-0.2, -0.15) is 0 Å². The molecule has 0 N–H and O–H groups in total. The van der Waals surface area contributed by atoms with Gasteiger partial charge in [-0.15, -0.1) is 0 Å². The second-order valence-corrected chi connectivity index (χ2v) is 9.13. The summed E-state index contributed by atoms with van der Waals surface area (Å²) < 4.78 is 23.1. The zero-order valence-electron chi connectivity index (χ0n) is 14.3. The topological polar surface area (TPSA) is 71.5 Å². The van der Waals surface area contributed by atoms with Gasteiger partial charge in [0, 0.05) is 30.5 Å². The summed E-state index contributed by atoms with van der Waals surface area (Å²) in [7, 11) is -1.44. The van der Waals surface area contributed by atoms with E-state index in [1.807, 2.05) is 6.07 Å². The van der Waals surface area contributed by atoms with Crippen molar-refractivity contribution in [2.24, 2.45) is 5.92 Å². The Morgan fingerprint density at radius 2 is 2.12 bits per heavy atom. The van der Waals surface area contributed by atoms with Crippen LogP contribution in [-0.4, -0.2) is 49.6 Å². The van der Waals surface area contributed by atoms with Crippen LogP contribution in [0.25, 0.3) is 6.08 Å². The van der Waals surface area contributed by atoms with Gasteiger partial charge in [0.1, 0.15) is 0 Å². The molecule has 5 nitrogen and oxygen atoms in total. The highest BCUT2D eigenvalue weighted by molar-refractivity contribution is 7.91. The molecular weight excluding hydrogens is 362 g/mol. The third-order valence-electron chi connectivity index (χ3n) is 4.34. The highest BCUT2D eigenvalue weighted by Gasteiger charge is 2.34. The van der Waals surface area contributed by atoms with Crippen LogP contribution in [0.2, 0.25) is 5.02 Å². The second-order valence-electron chi connectivity index (χ2n) is 6.47. The molecule has 7 heteroatoms. The molecule has 1 unspecified atom stereocenters. The van der Waals surface area contributed by atoms with E-state index in [4.69, 9.17) is 11.6 Å². The quantitative estimate of drug-likeness (QED) is 0.708. The highest BCUT2D eigenvalue weighted by atomic mass is 35.5. The van der Waals surface area contributed by atoms with Gasteiger partial charge in [0.15, 0.2) is 15.6 Å². The van der Waals surface area contributed by atoms with E-state index < -0.39 is 15.8 Å². The molecule has 1 aromatic rings. The number of hydrogen-bond acceptors (Lipinski definition) is 4. The minimum atomic E-state index is -3.05. The van der Waals surface area contributed by atoms with E-state index in [0.717, 1.165) is 5.56 Å². The van der Waals surface area contributed by atoms with Crippen LogP contribution in [0.3, 0.4) is 0 Å². The summed E-state index contributed by atoms with van der Waals surface area (Å²) >= 11 is 5.89. The number of carbonyl (C=O) groups is 2. The first-order chi connectivity index (χ1) is 11.7. The standard InChI is InChI=1S/C18H22ClNO4S/c1-13(18(22)20(2)16-8-9-25(23,24)12-16)10-17(21)7-6-14-4-3-5-15(19)11-14/h3-7,11,13,16H,8-10,12H2,1-2H3/b7-6+/t13-,16?/m0/s1. The van der Waals surface area contributed by atoms with Crippen molar-refractivity contribution in [1.82, 2.24) is 4.90 Å². The Bertz CT molecular complexity index is 788. The number of carbonyl (C=O) groups excluding carboxylic acids is 2. The number of rotatable bonds is 6. The summed E-state index contributed by atoms with van der Waals surface area (Å²) in [6.07, 6.45) is 3.65. The molecule has 0 spiro atoms. The van der Waals surface area contributed by atoms with Gasteiger partial charge in [-0.05, 0) is 30.2 Å². The van der Waals surface area contributed by atoms with Gasteiger partial charge in [-0.25, -0.2) is 8.42 Å². The normalized spacial score (nSPS) is 20.5. The number of hydrogen-bond donors (Lipinski definition) is 0. The van der Waals surface area contributed by atoms with Crippen molar-refractivity contribution in [3.05, 3.63) is 40.9 Å². The summed E-state index contributed by atoms with van der Waals surface area (Å²) in [6, 6.07) is 6.83. The molecule has 25 heavy (non-hydrogen) atoms. The van der Waals surface area contributed by atoms with Crippen LogP contribution < -0.4 is 0 Å². The van der Waals surface area contributed by atoms with Crippen molar-refractivity contribution >= 4 is 39.2 Å². The smallest absolute Gasteiger partial charge is 0.225 e. The molecule has 2 atom stereocenters. The number of halogens is 1. The fourth-order valence-corrected chi connectivity index (χ4v) is 4.84. The maximum atomic E-state index is 12.4. The van der Waals surface area contributed by atoms with Crippen molar-refractivity contribution in [2.75, 3.05) is 18.6 Å². The van der Waals surface area contributed by atoms with Crippen LogP contribution in [0.4, 0.5) is 0 Å². The Labute approximate surface area is 153 Å². The van der Waals surface area contributed by atoms with Gasteiger partial charge in [-0.3, -0.25) is 9.59 Å². The van der Waals surface area contributed by atoms with Crippen molar-refractivity contribution in [1.29, 1.82) is 0 Å². The van der Waals surface area contributed by atoms with Crippen molar-refractivity contribution in [2.45, 2.75) is 25.8 Å². The average molecular weight is 384 g/mol. The Morgan fingerprint density at radius 1 is 1.40 bits per heavy atom. The summed E-state index contributed by atoms with van der Waals surface area (Å²) in [5, 5.41) is 0.589. The number of nitrogens with zero attached hydrogens (tertiary/aromatic N) is 1. The molecule has 1 aromatic carbocycles. The third-order valence-corrected chi connectivity index (χ3v) is 6.33. The van der Waals surface area contributed by atoms with Crippen LogP contribution in [0.1, 0.15) is 25.3 Å². The lowest BCUT2D eigenvalue weighted by Crippen LogP contribution is -2.41. The Kier molecular flexibility index (Phi) is 6.41. The Hall–Kier alpha value is -1.66. The first-order valence-electron chi connectivity index (χ1n) is 8.11. The summed E-state index contributed by atoms with van der Waals surface area (Å²) in [5.41, 5.74) is 0.813. The van der Waals surface area contributed by atoms with E-state index in [-0.39, 0.29) is 35.7 Å².